The minimum absolute atomic E-state index is 0.199. The molecule has 0 radical (unpaired) electrons. The van der Waals surface area contributed by atoms with Crippen molar-refractivity contribution in [1.29, 1.82) is 0 Å². The van der Waals surface area contributed by atoms with Crippen molar-refractivity contribution < 1.29 is 9.23 Å². The summed E-state index contributed by atoms with van der Waals surface area (Å²) in [7, 11) is 1.71. The van der Waals surface area contributed by atoms with Gasteiger partial charge in [0.2, 0.25) is 0 Å². The monoisotopic (exact) mass is 517 g/mol. The van der Waals surface area contributed by atoms with Crippen molar-refractivity contribution in [3.05, 3.63) is 75.5 Å². The molecule has 0 aromatic carbocycles. The van der Waals surface area contributed by atoms with Crippen LogP contribution in [0.4, 0.5) is 4.39 Å². The summed E-state index contributed by atoms with van der Waals surface area (Å²) in [6.45, 7) is 4.40. The van der Waals surface area contributed by atoms with Crippen LogP contribution in [-0.4, -0.2) is 43.0 Å². The van der Waals surface area contributed by atoms with Gasteiger partial charge in [-0.25, -0.2) is 9.45 Å². The van der Waals surface area contributed by atoms with Crippen LogP contribution in [0.1, 0.15) is 55.4 Å². The number of aromatic nitrogens is 5. The summed E-state index contributed by atoms with van der Waals surface area (Å²) >= 11 is 3.62. The molecule has 2 aromatic heterocycles. The molecule has 2 aliphatic rings. The molecule has 10 heteroatoms. The number of hydrogen-bond acceptors (Lipinski definition) is 6. The highest BCUT2D eigenvalue weighted by Gasteiger charge is 2.39. The average molecular weight is 518 g/mol. The van der Waals surface area contributed by atoms with E-state index in [-0.39, 0.29) is 18.5 Å². The highest BCUT2D eigenvalue weighted by atomic mass is 79.9. The zero-order valence-electron chi connectivity index (χ0n) is 19.0. The van der Waals surface area contributed by atoms with E-state index < -0.39 is 5.67 Å². The molecule has 3 heterocycles. The Morgan fingerprint density at radius 3 is 2.94 bits per heavy atom. The number of allylic oxidation sites excluding steroid dienone is 5. The summed E-state index contributed by atoms with van der Waals surface area (Å²) in [5, 5.41) is 18.0. The van der Waals surface area contributed by atoms with E-state index in [9.17, 15) is 0 Å². The standard InChI is InChI=1S/C23H29BrFN7O/c1-4-17-19(24)20(28-27-17)15(2)21-22(30-31(3)29-21)23(25)11-7-8-16(14-23)10-13-33-32-12-6-5-9-18(32)26/h5-9,12,14-15,18H,4,10-11,13,26H2,1-3H3,(H,27,28). The van der Waals surface area contributed by atoms with Gasteiger partial charge in [0.15, 0.2) is 5.67 Å². The van der Waals surface area contributed by atoms with Gasteiger partial charge < -0.3 is 5.73 Å². The van der Waals surface area contributed by atoms with Gasteiger partial charge in [-0.05, 0) is 52.6 Å². The molecule has 1 aliphatic carbocycles. The van der Waals surface area contributed by atoms with E-state index in [4.69, 9.17) is 10.6 Å². The molecule has 0 saturated carbocycles. The van der Waals surface area contributed by atoms with Crippen LogP contribution in [0.25, 0.3) is 0 Å². The first-order valence-electron chi connectivity index (χ1n) is 11.1. The van der Waals surface area contributed by atoms with Gasteiger partial charge in [-0.1, -0.05) is 32.1 Å². The molecule has 2 aromatic rings. The van der Waals surface area contributed by atoms with Crippen molar-refractivity contribution in [2.24, 2.45) is 12.8 Å². The van der Waals surface area contributed by atoms with Crippen LogP contribution < -0.4 is 5.73 Å². The lowest BCUT2D eigenvalue weighted by molar-refractivity contribution is -0.136. The number of nitrogens with two attached hydrogens (primary N) is 1. The number of nitrogens with one attached hydrogen (secondary N) is 1. The Labute approximate surface area is 201 Å². The Morgan fingerprint density at radius 2 is 2.21 bits per heavy atom. The van der Waals surface area contributed by atoms with Crippen LogP contribution >= 0.6 is 15.9 Å². The van der Waals surface area contributed by atoms with Gasteiger partial charge in [0.1, 0.15) is 11.9 Å². The number of aromatic amines is 1. The van der Waals surface area contributed by atoms with Crippen LogP contribution in [0.5, 0.6) is 0 Å². The SMILES string of the molecule is CCc1n[nH]c(C(C)c2nn(C)nc2C2(F)C=C(CCON3C=CC=CC3N)C=CC2)c1Br. The highest BCUT2D eigenvalue weighted by Crippen LogP contribution is 2.41. The zero-order chi connectivity index (χ0) is 23.6. The molecular formula is C23H29BrFN7O. The minimum atomic E-state index is -1.76. The second kappa shape index (κ2) is 9.74. The van der Waals surface area contributed by atoms with Crippen molar-refractivity contribution in [3.63, 3.8) is 0 Å². The molecule has 4 rings (SSSR count). The fourth-order valence-corrected chi connectivity index (χ4v) is 4.85. The fraction of sp³-hybridized carbons (Fsp3) is 0.435. The second-order valence-electron chi connectivity index (χ2n) is 8.24. The van der Waals surface area contributed by atoms with E-state index >= 15 is 4.39 Å². The quantitative estimate of drug-likeness (QED) is 0.547. The predicted molar refractivity (Wildman–Crippen MR) is 127 cm³/mol. The maximum atomic E-state index is 16.3. The lowest BCUT2D eigenvalue weighted by Crippen LogP contribution is -2.38. The van der Waals surface area contributed by atoms with Gasteiger partial charge in [0, 0.05) is 25.6 Å². The average Bonchev–Trinajstić information content (AvgIpc) is 3.37. The van der Waals surface area contributed by atoms with Crippen LogP contribution in [0.2, 0.25) is 0 Å². The van der Waals surface area contributed by atoms with E-state index in [1.807, 2.05) is 44.2 Å². The first-order valence-corrected chi connectivity index (χ1v) is 11.8. The molecule has 3 atom stereocenters. The number of H-pyrrole nitrogens is 1. The molecule has 8 nitrogen and oxygen atoms in total. The van der Waals surface area contributed by atoms with Crippen LogP contribution in [0.3, 0.4) is 0 Å². The molecule has 0 bridgehead atoms. The largest absolute Gasteiger partial charge is 0.306 e. The summed E-state index contributed by atoms with van der Waals surface area (Å²) in [6, 6.07) is 0. The van der Waals surface area contributed by atoms with Crippen molar-refractivity contribution in [2.45, 2.75) is 50.9 Å². The van der Waals surface area contributed by atoms with Gasteiger partial charge in [0.05, 0.1) is 28.2 Å². The summed E-state index contributed by atoms with van der Waals surface area (Å²) < 4.78 is 17.2. The Balaban J connectivity index is 1.53. The van der Waals surface area contributed by atoms with E-state index in [0.29, 0.717) is 24.4 Å². The first kappa shape index (κ1) is 23.6. The van der Waals surface area contributed by atoms with E-state index in [1.165, 1.54) is 4.80 Å². The normalized spacial score (nSPS) is 23.3. The maximum absolute atomic E-state index is 16.3. The van der Waals surface area contributed by atoms with Gasteiger partial charge in [-0.3, -0.25) is 9.94 Å². The number of hydroxylamine groups is 2. The second-order valence-corrected chi connectivity index (χ2v) is 9.04. The molecule has 0 spiro atoms. The van der Waals surface area contributed by atoms with Crippen LogP contribution in [0.15, 0.2) is 52.7 Å². The van der Waals surface area contributed by atoms with E-state index in [1.54, 1.807) is 24.4 Å². The summed E-state index contributed by atoms with van der Waals surface area (Å²) in [5.74, 6) is -0.213. The number of nitrogens with zero attached hydrogens (tertiary/aromatic N) is 5. The van der Waals surface area contributed by atoms with Gasteiger partial charge >= 0.3 is 0 Å². The van der Waals surface area contributed by atoms with E-state index in [0.717, 1.165) is 27.9 Å². The molecule has 0 fully saturated rings. The molecule has 3 unspecified atom stereocenters. The third-order valence-corrected chi connectivity index (χ3v) is 6.74. The summed E-state index contributed by atoms with van der Waals surface area (Å²) in [5.41, 5.74) is 7.77. The van der Waals surface area contributed by atoms with Gasteiger partial charge in [-0.15, -0.1) is 0 Å². The number of aryl methyl sites for hydroxylation is 2. The lowest BCUT2D eigenvalue weighted by Gasteiger charge is -2.27. The number of halogens is 2. The predicted octanol–water partition coefficient (Wildman–Crippen LogP) is 4.06. The van der Waals surface area contributed by atoms with Crippen LogP contribution in [-0.2, 0) is 24.0 Å². The molecule has 0 saturated heterocycles. The third-order valence-electron chi connectivity index (χ3n) is 5.85. The molecular weight excluding hydrogens is 489 g/mol. The maximum Gasteiger partial charge on any atom is 0.178 e. The third kappa shape index (κ3) is 4.87. The number of hydrogen-bond donors (Lipinski definition) is 2. The van der Waals surface area contributed by atoms with Crippen molar-refractivity contribution >= 4 is 15.9 Å². The smallest absolute Gasteiger partial charge is 0.178 e. The summed E-state index contributed by atoms with van der Waals surface area (Å²) in [4.78, 5) is 7.18. The van der Waals surface area contributed by atoms with Gasteiger partial charge in [0.25, 0.3) is 0 Å². The Hall–Kier alpha value is -2.56. The van der Waals surface area contributed by atoms with Gasteiger partial charge in [-0.2, -0.15) is 20.1 Å². The number of alkyl halides is 1. The van der Waals surface area contributed by atoms with Crippen molar-refractivity contribution in [3.8, 4) is 0 Å². The molecule has 3 N–H and O–H groups in total. The first-order chi connectivity index (χ1) is 15.8. The Bertz CT molecular complexity index is 1120. The van der Waals surface area contributed by atoms with Crippen molar-refractivity contribution in [1.82, 2.24) is 30.3 Å². The minimum Gasteiger partial charge on any atom is -0.306 e. The topological polar surface area (TPSA) is 97.9 Å². The van der Waals surface area contributed by atoms with Crippen molar-refractivity contribution in [2.75, 3.05) is 6.61 Å². The molecule has 1 aliphatic heterocycles. The lowest BCUT2D eigenvalue weighted by atomic mass is 9.86. The number of rotatable bonds is 8. The molecule has 33 heavy (non-hydrogen) atoms. The fourth-order valence-electron chi connectivity index (χ4n) is 4.05. The Morgan fingerprint density at radius 1 is 1.39 bits per heavy atom. The Kier molecular flexibility index (Phi) is 6.96. The highest BCUT2D eigenvalue weighted by molar-refractivity contribution is 9.10. The molecule has 176 valence electrons. The summed E-state index contributed by atoms with van der Waals surface area (Å²) in [6.07, 6.45) is 14.0. The van der Waals surface area contributed by atoms with Crippen LogP contribution in [0, 0.1) is 0 Å². The molecule has 0 amide bonds. The van der Waals surface area contributed by atoms with E-state index in [2.05, 4.69) is 36.3 Å². The zero-order valence-corrected chi connectivity index (χ0v) is 20.6.